The predicted octanol–water partition coefficient (Wildman–Crippen LogP) is 4.20. The van der Waals surface area contributed by atoms with E-state index in [2.05, 4.69) is 10.0 Å². The fourth-order valence-electron chi connectivity index (χ4n) is 3.24. The van der Waals surface area contributed by atoms with Crippen LogP contribution < -0.4 is 4.74 Å². The van der Waals surface area contributed by atoms with E-state index in [4.69, 9.17) is 15.0 Å². The van der Waals surface area contributed by atoms with Crippen LogP contribution in [0.4, 0.5) is 4.79 Å². The largest absolute Gasteiger partial charge is 0.497 e. The fourth-order valence-corrected chi connectivity index (χ4v) is 3.24. The molecule has 1 aliphatic heterocycles. The lowest BCUT2D eigenvalue weighted by Crippen LogP contribution is -2.42. The number of imide groups is 1. The van der Waals surface area contributed by atoms with Gasteiger partial charge in [-0.2, -0.15) is 0 Å². The van der Waals surface area contributed by atoms with Gasteiger partial charge in [0.25, 0.3) is 0 Å². The monoisotopic (exact) mass is 380 g/mol. The number of benzene rings is 2. The zero-order valence-electron chi connectivity index (χ0n) is 15.6. The summed E-state index contributed by atoms with van der Waals surface area (Å²) in [5, 5.41) is 3.70. The topological polar surface area (TPSA) is 105 Å². The summed E-state index contributed by atoms with van der Waals surface area (Å²) >= 11 is 0. The van der Waals surface area contributed by atoms with Gasteiger partial charge < -0.3 is 9.47 Å². The van der Waals surface area contributed by atoms with E-state index < -0.39 is 30.0 Å². The SMILES string of the molecule is COc1ccc([C@@H](C)[C@H](N=[N+]=[N-])C(=O)N2C(=O)OC[C@H]2c2ccccc2)cc1. The lowest BCUT2D eigenvalue weighted by Gasteiger charge is -2.26. The van der Waals surface area contributed by atoms with E-state index in [1.165, 1.54) is 0 Å². The molecule has 1 fully saturated rings. The van der Waals surface area contributed by atoms with Gasteiger partial charge in [0.1, 0.15) is 24.4 Å². The van der Waals surface area contributed by atoms with Gasteiger partial charge in [0, 0.05) is 4.91 Å². The van der Waals surface area contributed by atoms with Crippen LogP contribution in [0.1, 0.15) is 30.0 Å². The molecule has 0 N–H and O–H groups in total. The van der Waals surface area contributed by atoms with Crippen LogP contribution in [0.3, 0.4) is 0 Å². The number of ether oxygens (including phenoxy) is 2. The van der Waals surface area contributed by atoms with Gasteiger partial charge in [-0.05, 0) is 34.7 Å². The molecule has 0 unspecified atom stereocenters. The first kappa shape index (κ1) is 19.3. The molecule has 0 aromatic heterocycles. The third-order valence-corrected chi connectivity index (χ3v) is 4.84. The summed E-state index contributed by atoms with van der Waals surface area (Å²) in [5.74, 6) is -0.355. The molecule has 144 valence electrons. The van der Waals surface area contributed by atoms with Crippen LogP contribution in [-0.4, -0.2) is 36.7 Å². The first-order valence-corrected chi connectivity index (χ1v) is 8.79. The normalized spacial score (nSPS) is 18.0. The molecule has 0 spiro atoms. The Labute approximate surface area is 162 Å². The Bertz CT molecular complexity index is 894. The molecule has 0 bridgehead atoms. The number of cyclic esters (lactones) is 1. The fraction of sp³-hybridized carbons (Fsp3) is 0.300. The van der Waals surface area contributed by atoms with Gasteiger partial charge in [-0.15, -0.1) is 0 Å². The standard InChI is InChI=1S/C20H20N4O4/c1-13(14-8-10-16(27-2)11-9-14)18(22-23-21)19(25)24-17(12-28-20(24)26)15-6-4-3-5-7-15/h3-11,13,17-18H,12H2,1-2H3/t13-,17+,18+/m1/s1. The zero-order chi connectivity index (χ0) is 20.1. The summed E-state index contributed by atoms with van der Waals surface area (Å²) in [4.78, 5) is 29.4. The Morgan fingerprint density at radius 2 is 1.93 bits per heavy atom. The highest BCUT2D eigenvalue weighted by Gasteiger charge is 2.42. The van der Waals surface area contributed by atoms with E-state index in [9.17, 15) is 9.59 Å². The van der Waals surface area contributed by atoms with Crippen LogP contribution in [0.15, 0.2) is 59.7 Å². The summed E-state index contributed by atoms with van der Waals surface area (Å²) in [6.45, 7) is 1.84. The highest BCUT2D eigenvalue weighted by molar-refractivity contribution is 5.97. The molecule has 0 aliphatic carbocycles. The first-order valence-electron chi connectivity index (χ1n) is 8.79. The van der Waals surface area contributed by atoms with Crippen molar-refractivity contribution in [1.82, 2.24) is 4.90 Å². The van der Waals surface area contributed by atoms with Gasteiger partial charge in [-0.25, -0.2) is 9.69 Å². The van der Waals surface area contributed by atoms with Gasteiger partial charge >= 0.3 is 6.09 Å². The summed E-state index contributed by atoms with van der Waals surface area (Å²) in [5.41, 5.74) is 10.6. The lowest BCUT2D eigenvalue weighted by molar-refractivity contribution is -0.131. The predicted molar refractivity (Wildman–Crippen MR) is 102 cm³/mol. The van der Waals surface area contributed by atoms with Gasteiger partial charge in [0.15, 0.2) is 0 Å². The maximum Gasteiger partial charge on any atom is 0.417 e. The zero-order valence-corrected chi connectivity index (χ0v) is 15.6. The van der Waals surface area contributed by atoms with Crippen LogP contribution in [0.2, 0.25) is 0 Å². The van der Waals surface area contributed by atoms with E-state index in [0.717, 1.165) is 16.0 Å². The number of amides is 2. The number of hydrogen-bond acceptors (Lipinski definition) is 5. The maximum atomic E-state index is 13.2. The van der Waals surface area contributed by atoms with Crippen LogP contribution in [0.25, 0.3) is 10.4 Å². The molecule has 2 amide bonds. The molecular formula is C20H20N4O4. The first-order chi connectivity index (χ1) is 13.6. The lowest BCUT2D eigenvalue weighted by atomic mass is 9.92. The number of rotatable bonds is 6. The second-order valence-corrected chi connectivity index (χ2v) is 6.42. The molecule has 8 nitrogen and oxygen atoms in total. The van der Waals surface area contributed by atoms with Crippen molar-refractivity contribution < 1.29 is 19.1 Å². The molecule has 1 heterocycles. The number of carbonyl (C=O) groups is 2. The van der Waals surface area contributed by atoms with Crippen molar-refractivity contribution in [3.05, 3.63) is 76.2 Å². The van der Waals surface area contributed by atoms with Gasteiger partial charge in [0.05, 0.1) is 7.11 Å². The molecule has 8 heteroatoms. The molecule has 0 saturated carbocycles. The minimum Gasteiger partial charge on any atom is -0.497 e. The molecule has 3 atom stereocenters. The Kier molecular flexibility index (Phi) is 5.81. The molecule has 0 radical (unpaired) electrons. The molecular weight excluding hydrogens is 360 g/mol. The third kappa shape index (κ3) is 3.77. The van der Waals surface area contributed by atoms with Gasteiger partial charge in [-0.3, -0.25) is 4.79 Å². The van der Waals surface area contributed by atoms with Crippen molar-refractivity contribution in [2.45, 2.75) is 24.9 Å². The number of carbonyl (C=O) groups excluding carboxylic acids is 2. The van der Waals surface area contributed by atoms with Crippen LogP contribution in [0.5, 0.6) is 5.75 Å². The molecule has 3 rings (SSSR count). The quantitative estimate of drug-likeness (QED) is 0.425. The van der Waals surface area contributed by atoms with Crippen LogP contribution in [0, 0.1) is 0 Å². The molecule has 1 saturated heterocycles. The molecule has 2 aromatic carbocycles. The van der Waals surface area contributed by atoms with E-state index >= 15 is 0 Å². The van der Waals surface area contributed by atoms with E-state index in [1.807, 2.05) is 30.3 Å². The average Bonchev–Trinajstić information content (AvgIpc) is 3.13. The van der Waals surface area contributed by atoms with E-state index in [1.54, 1.807) is 38.3 Å². The maximum absolute atomic E-state index is 13.2. The van der Waals surface area contributed by atoms with Crippen molar-refractivity contribution in [2.24, 2.45) is 5.11 Å². The summed E-state index contributed by atoms with van der Waals surface area (Å²) < 4.78 is 10.3. The van der Waals surface area contributed by atoms with E-state index in [-0.39, 0.29) is 6.61 Å². The number of hydrogen-bond donors (Lipinski definition) is 0. The number of azide groups is 1. The summed E-state index contributed by atoms with van der Waals surface area (Å²) in [6, 6.07) is 14.6. The van der Waals surface area contributed by atoms with Gasteiger partial charge in [0.2, 0.25) is 5.91 Å². The summed E-state index contributed by atoms with van der Waals surface area (Å²) in [7, 11) is 1.56. The third-order valence-electron chi connectivity index (χ3n) is 4.84. The highest BCUT2D eigenvalue weighted by atomic mass is 16.6. The van der Waals surface area contributed by atoms with Crippen LogP contribution in [-0.2, 0) is 9.53 Å². The minimum atomic E-state index is -1.09. The van der Waals surface area contributed by atoms with Gasteiger partial charge in [-0.1, -0.05) is 54.5 Å². The highest BCUT2D eigenvalue weighted by Crippen LogP contribution is 2.32. The van der Waals surface area contributed by atoms with E-state index in [0.29, 0.717) is 5.75 Å². The Hall–Kier alpha value is -3.51. The molecule has 1 aliphatic rings. The van der Waals surface area contributed by atoms with Crippen molar-refractivity contribution in [1.29, 1.82) is 0 Å². The smallest absolute Gasteiger partial charge is 0.417 e. The van der Waals surface area contributed by atoms with Crippen molar-refractivity contribution in [3.8, 4) is 5.75 Å². The Morgan fingerprint density at radius 1 is 1.25 bits per heavy atom. The van der Waals surface area contributed by atoms with Crippen molar-refractivity contribution in [3.63, 3.8) is 0 Å². The average molecular weight is 380 g/mol. The molecule has 28 heavy (non-hydrogen) atoms. The minimum absolute atomic E-state index is 0.0640. The second-order valence-electron chi connectivity index (χ2n) is 6.42. The Balaban J connectivity index is 1.90. The van der Waals surface area contributed by atoms with Crippen molar-refractivity contribution in [2.75, 3.05) is 13.7 Å². The number of nitrogens with zero attached hydrogens (tertiary/aromatic N) is 4. The summed E-state index contributed by atoms with van der Waals surface area (Å²) in [6.07, 6.45) is -0.737. The number of methoxy groups -OCH3 is 1. The Morgan fingerprint density at radius 3 is 2.54 bits per heavy atom. The molecule has 2 aromatic rings. The van der Waals surface area contributed by atoms with Crippen LogP contribution >= 0.6 is 0 Å². The van der Waals surface area contributed by atoms with Crippen molar-refractivity contribution >= 4 is 12.0 Å². The second kappa shape index (κ2) is 8.45.